The van der Waals surface area contributed by atoms with E-state index in [4.69, 9.17) is 39.5 Å². The molecule has 2 aromatic carbocycles. The van der Waals surface area contributed by atoms with E-state index in [1.165, 1.54) is 31.4 Å². The van der Waals surface area contributed by atoms with Gasteiger partial charge in [-0.3, -0.25) is 19.2 Å². The maximum absolute atomic E-state index is 13.6. The molecule has 0 aromatic heterocycles. The van der Waals surface area contributed by atoms with Gasteiger partial charge in [0.25, 0.3) is 17.7 Å². The number of allylic oxidation sites excluding steroid dienone is 2. The molecule has 36 heavy (non-hydrogen) atoms. The predicted molar refractivity (Wildman–Crippen MR) is 134 cm³/mol. The molecule has 2 bridgehead atoms. The topological polar surface area (TPSA) is 96.0 Å². The summed E-state index contributed by atoms with van der Waals surface area (Å²) in [6.45, 7) is -0.632. The standard InChI is InChI=1S/C25H20Cl3N3O5/c1-36-19-7-5-15(27)10-18(19)29-20(32)11-30(23(33)16-6-4-14(26)9-17(16)28)31-24(34)21-12-2-3-13(8-12)22(21)25(31)35/h2-7,9-10,12-13,21-22H,8,11H2,1H3,(H,29,32)/t12-,13-,21-,22+/m0/s1. The molecule has 1 saturated carbocycles. The molecule has 0 unspecified atom stereocenters. The van der Waals surface area contributed by atoms with Gasteiger partial charge >= 0.3 is 0 Å². The number of carbonyl (C=O) groups is 4. The summed E-state index contributed by atoms with van der Waals surface area (Å²) >= 11 is 18.3. The Balaban J connectivity index is 1.48. The number of nitrogens with zero attached hydrogens (tertiary/aromatic N) is 2. The van der Waals surface area contributed by atoms with Crippen LogP contribution in [-0.2, 0) is 14.4 Å². The third-order valence-electron chi connectivity index (χ3n) is 6.81. The summed E-state index contributed by atoms with van der Waals surface area (Å²) in [6, 6.07) is 8.87. The molecule has 8 nitrogen and oxygen atoms in total. The molecule has 11 heteroatoms. The Morgan fingerprint density at radius 3 is 2.22 bits per heavy atom. The maximum atomic E-state index is 13.6. The fraction of sp³-hybridized carbons (Fsp3) is 0.280. The van der Waals surface area contributed by atoms with E-state index in [1.54, 1.807) is 12.1 Å². The van der Waals surface area contributed by atoms with Crippen LogP contribution in [0.2, 0.25) is 15.1 Å². The molecule has 2 fully saturated rings. The van der Waals surface area contributed by atoms with Gasteiger partial charge in [-0.25, -0.2) is 5.01 Å². The molecule has 186 valence electrons. The molecule has 0 radical (unpaired) electrons. The fourth-order valence-corrected chi connectivity index (χ4v) is 5.92. The minimum atomic E-state index is -0.785. The summed E-state index contributed by atoms with van der Waals surface area (Å²) in [5.41, 5.74) is 0.262. The quantitative estimate of drug-likeness (QED) is 0.425. The molecule has 1 saturated heterocycles. The summed E-state index contributed by atoms with van der Waals surface area (Å²) in [7, 11) is 1.43. The SMILES string of the molecule is COc1ccc(Cl)cc1NC(=O)CN(C(=O)c1ccc(Cl)cc1Cl)N1C(=O)[C@@H]2[C@H](C1=O)[C@H]1C=C[C@H]2C1. The van der Waals surface area contributed by atoms with Crippen LogP contribution in [0, 0.1) is 23.7 Å². The number of hydrogen-bond acceptors (Lipinski definition) is 5. The summed E-state index contributed by atoms with van der Waals surface area (Å²) in [5, 5.41) is 4.98. The first kappa shape index (κ1) is 24.6. The summed E-state index contributed by atoms with van der Waals surface area (Å²) in [4.78, 5) is 53.6. The molecular formula is C25H20Cl3N3O5. The zero-order valence-electron chi connectivity index (χ0n) is 18.9. The highest BCUT2D eigenvalue weighted by Crippen LogP contribution is 2.52. The van der Waals surface area contributed by atoms with Crippen LogP contribution < -0.4 is 10.1 Å². The number of anilines is 1. The summed E-state index contributed by atoms with van der Waals surface area (Å²) < 4.78 is 5.26. The predicted octanol–water partition coefficient (Wildman–Crippen LogP) is 4.46. The van der Waals surface area contributed by atoms with Gasteiger partial charge in [0, 0.05) is 10.0 Å². The normalized spacial score (nSPS) is 23.7. The number of nitrogens with one attached hydrogen (secondary N) is 1. The van der Waals surface area contributed by atoms with Crippen molar-refractivity contribution in [2.45, 2.75) is 6.42 Å². The lowest BCUT2D eigenvalue weighted by Gasteiger charge is -2.31. The first-order valence-corrected chi connectivity index (χ1v) is 12.3. The van der Waals surface area contributed by atoms with Gasteiger partial charge in [0.15, 0.2) is 0 Å². The Morgan fingerprint density at radius 2 is 1.61 bits per heavy atom. The number of carbonyl (C=O) groups excluding carboxylic acids is 4. The van der Waals surface area contributed by atoms with E-state index >= 15 is 0 Å². The number of amides is 4. The van der Waals surface area contributed by atoms with Crippen LogP contribution in [0.1, 0.15) is 16.8 Å². The van der Waals surface area contributed by atoms with Crippen molar-refractivity contribution in [1.82, 2.24) is 10.0 Å². The lowest BCUT2D eigenvalue weighted by atomic mass is 9.85. The Bertz CT molecular complexity index is 1300. The van der Waals surface area contributed by atoms with Gasteiger partial charge in [0.1, 0.15) is 12.3 Å². The maximum Gasteiger partial charge on any atom is 0.274 e. The highest BCUT2D eigenvalue weighted by molar-refractivity contribution is 6.36. The summed E-state index contributed by atoms with van der Waals surface area (Å²) in [6.07, 6.45) is 4.62. The highest BCUT2D eigenvalue weighted by atomic mass is 35.5. The van der Waals surface area contributed by atoms with Crippen LogP contribution in [0.5, 0.6) is 5.75 Å². The zero-order valence-corrected chi connectivity index (χ0v) is 21.2. The Morgan fingerprint density at radius 1 is 1.00 bits per heavy atom. The van der Waals surface area contributed by atoms with Crippen LogP contribution in [0.15, 0.2) is 48.6 Å². The first-order valence-electron chi connectivity index (χ1n) is 11.2. The van der Waals surface area contributed by atoms with Gasteiger partial charge in [-0.1, -0.05) is 47.0 Å². The van der Waals surface area contributed by atoms with E-state index in [-0.39, 0.29) is 28.1 Å². The number of ether oxygens (including phenoxy) is 1. The van der Waals surface area contributed by atoms with E-state index in [0.29, 0.717) is 15.8 Å². The molecule has 3 aliphatic rings. The number of methoxy groups -OCH3 is 1. The first-order chi connectivity index (χ1) is 17.2. The Labute approximate surface area is 221 Å². The average Bonchev–Trinajstić information content (AvgIpc) is 3.51. The molecule has 0 spiro atoms. The largest absolute Gasteiger partial charge is 0.495 e. The van der Waals surface area contributed by atoms with Gasteiger partial charge in [0.2, 0.25) is 5.91 Å². The Hall–Kier alpha value is -3.07. The Kier molecular flexibility index (Phi) is 6.44. The van der Waals surface area contributed by atoms with Crippen molar-refractivity contribution >= 4 is 64.1 Å². The third kappa shape index (κ3) is 4.13. The molecule has 1 N–H and O–H groups in total. The molecular weight excluding hydrogens is 529 g/mol. The number of halogens is 3. The minimum Gasteiger partial charge on any atom is -0.495 e. The van der Waals surface area contributed by atoms with Crippen molar-refractivity contribution in [3.05, 3.63) is 69.2 Å². The highest BCUT2D eigenvalue weighted by Gasteiger charge is 2.61. The van der Waals surface area contributed by atoms with Crippen LogP contribution in [-0.4, -0.2) is 47.3 Å². The van der Waals surface area contributed by atoms with Gasteiger partial charge in [0.05, 0.1) is 35.2 Å². The van der Waals surface area contributed by atoms with E-state index in [0.717, 1.165) is 16.4 Å². The second-order valence-electron chi connectivity index (χ2n) is 8.87. The van der Waals surface area contributed by atoms with E-state index in [2.05, 4.69) is 5.32 Å². The molecule has 1 heterocycles. The number of imide groups is 1. The van der Waals surface area contributed by atoms with Crippen molar-refractivity contribution in [3.63, 3.8) is 0 Å². The van der Waals surface area contributed by atoms with Crippen LogP contribution in [0.4, 0.5) is 5.69 Å². The van der Waals surface area contributed by atoms with E-state index in [1.807, 2.05) is 12.2 Å². The lowest BCUT2D eigenvalue weighted by molar-refractivity contribution is -0.156. The zero-order chi connectivity index (χ0) is 25.7. The van der Waals surface area contributed by atoms with Gasteiger partial charge in [-0.2, -0.15) is 5.01 Å². The number of benzene rings is 2. The van der Waals surface area contributed by atoms with Crippen molar-refractivity contribution < 1.29 is 23.9 Å². The third-order valence-corrected chi connectivity index (χ3v) is 7.60. The number of rotatable bonds is 6. The van der Waals surface area contributed by atoms with Crippen LogP contribution in [0.25, 0.3) is 0 Å². The van der Waals surface area contributed by atoms with E-state index in [9.17, 15) is 19.2 Å². The van der Waals surface area contributed by atoms with Gasteiger partial charge in [-0.05, 0) is 54.7 Å². The van der Waals surface area contributed by atoms with Crippen molar-refractivity contribution in [1.29, 1.82) is 0 Å². The lowest BCUT2D eigenvalue weighted by Crippen LogP contribution is -2.53. The molecule has 4 amide bonds. The number of hydrogen-bond donors (Lipinski definition) is 1. The average molecular weight is 549 g/mol. The number of fused-ring (bicyclic) bond motifs is 5. The van der Waals surface area contributed by atoms with Crippen molar-refractivity contribution in [3.8, 4) is 5.75 Å². The van der Waals surface area contributed by atoms with Crippen LogP contribution in [0.3, 0.4) is 0 Å². The van der Waals surface area contributed by atoms with Gasteiger partial charge in [-0.15, -0.1) is 0 Å². The van der Waals surface area contributed by atoms with Crippen LogP contribution >= 0.6 is 34.8 Å². The van der Waals surface area contributed by atoms with Gasteiger partial charge < -0.3 is 10.1 Å². The monoisotopic (exact) mass is 547 g/mol. The fourth-order valence-electron chi connectivity index (χ4n) is 5.26. The summed E-state index contributed by atoms with van der Waals surface area (Å²) in [5.74, 6) is -3.37. The molecule has 1 aliphatic heterocycles. The molecule has 5 rings (SSSR count). The second kappa shape index (κ2) is 9.42. The molecule has 2 aliphatic carbocycles. The minimum absolute atomic E-state index is 0.00652. The van der Waals surface area contributed by atoms with Crippen molar-refractivity contribution in [2.75, 3.05) is 19.0 Å². The van der Waals surface area contributed by atoms with Crippen molar-refractivity contribution in [2.24, 2.45) is 23.7 Å². The smallest absolute Gasteiger partial charge is 0.274 e. The molecule has 2 aromatic rings. The second-order valence-corrected chi connectivity index (χ2v) is 10.1. The molecule has 4 atom stereocenters. The number of hydrazine groups is 1. The van der Waals surface area contributed by atoms with E-state index < -0.39 is 42.0 Å².